The summed E-state index contributed by atoms with van der Waals surface area (Å²) in [6.07, 6.45) is 0.322. The first-order chi connectivity index (χ1) is 8.04. The van der Waals surface area contributed by atoms with Gasteiger partial charge in [-0.3, -0.25) is 4.79 Å². The number of nitrogen functional groups attached to an aromatic ring is 1. The molecule has 0 spiro atoms. The highest BCUT2D eigenvalue weighted by Crippen LogP contribution is 2.26. The maximum Gasteiger partial charge on any atom is 0.223 e. The first kappa shape index (κ1) is 13.2. The van der Waals surface area contributed by atoms with E-state index in [-0.39, 0.29) is 5.91 Å². The third-order valence-corrected chi connectivity index (χ3v) is 2.38. The lowest BCUT2D eigenvalue weighted by atomic mass is 10.2. The highest BCUT2D eigenvalue weighted by molar-refractivity contribution is 5.75. The van der Waals surface area contributed by atoms with Gasteiger partial charge < -0.3 is 20.7 Å². The Morgan fingerprint density at radius 1 is 1.47 bits per heavy atom. The molecule has 1 rings (SSSR count). The van der Waals surface area contributed by atoms with Crippen LogP contribution in [0.1, 0.15) is 6.42 Å². The number of rotatable bonds is 5. The fraction of sp³-hybridized carbons (Fsp3) is 0.417. The zero-order valence-corrected chi connectivity index (χ0v) is 10.5. The minimum atomic E-state index is -0.0488. The molecule has 0 saturated heterocycles. The maximum atomic E-state index is 11.0. The Bertz CT molecular complexity index is 391. The van der Waals surface area contributed by atoms with Gasteiger partial charge in [-0.2, -0.15) is 0 Å². The molecule has 17 heavy (non-hydrogen) atoms. The molecular formula is C12H19N3O2. The van der Waals surface area contributed by atoms with Gasteiger partial charge in [0.25, 0.3) is 0 Å². The Kier molecular flexibility index (Phi) is 4.63. The Morgan fingerprint density at radius 2 is 2.18 bits per heavy atom. The van der Waals surface area contributed by atoms with Gasteiger partial charge in [0.15, 0.2) is 0 Å². The van der Waals surface area contributed by atoms with Crippen LogP contribution in [0, 0.1) is 0 Å². The number of carbonyl (C=O) groups excluding carboxylic acids is 1. The molecule has 0 heterocycles. The smallest absolute Gasteiger partial charge is 0.223 e. The number of hydrogen-bond donors (Lipinski definition) is 2. The predicted molar refractivity (Wildman–Crippen MR) is 69.4 cm³/mol. The van der Waals surface area contributed by atoms with Crippen molar-refractivity contribution >= 4 is 17.3 Å². The van der Waals surface area contributed by atoms with E-state index in [4.69, 9.17) is 10.5 Å². The minimum Gasteiger partial charge on any atom is -0.491 e. The number of nitrogens with zero attached hydrogens (tertiary/aromatic N) is 1. The van der Waals surface area contributed by atoms with E-state index in [1.54, 1.807) is 13.1 Å². The molecule has 0 aliphatic rings. The quantitative estimate of drug-likeness (QED) is 0.745. The Hall–Kier alpha value is -1.91. The Balaban J connectivity index is 2.63. The van der Waals surface area contributed by atoms with Crippen LogP contribution in [0.5, 0.6) is 5.75 Å². The van der Waals surface area contributed by atoms with E-state index in [9.17, 15) is 4.79 Å². The van der Waals surface area contributed by atoms with Gasteiger partial charge in [0.1, 0.15) is 5.75 Å². The van der Waals surface area contributed by atoms with Crippen molar-refractivity contribution in [1.82, 2.24) is 5.32 Å². The number of carbonyl (C=O) groups is 1. The van der Waals surface area contributed by atoms with Gasteiger partial charge in [-0.25, -0.2) is 0 Å². The molecule has 3 N–H and O–H groups in total. The van der Waals surface area contributed by atoms with Gasteiger partial charge in [-0.15, -0.1) is 0 Å². The van der Waals surface area contributed by atoms with Gasteiger partial charge in [0.05, 0.1) is 18.7 Å². The summed E-state index contributed by atoms with van der Waals surface area (Å²) < 4.78 is 5.49. The molecule has 0 atom stereocenters. The van der Waals surface area contributed by atoms with Crippen molar-refractivity contribution in [3.05, 3.63) is 18.2 Å². The maximum absolute atomic E-state index is 11.0. The normalized spacial score (nSPS) is 9.82. The van der Waals surface area contributed by atoms with Crippen LogP contribution in [0.25, 0.3) is 0 Å². The average molecular weight is 237 g/mol. The van der Waals surface area contributed by atoms with E-state index >= 15 is 0 Å². The molecule has 94 valence electrons. The number of nitrogens with one attached hydrogen (secondary N) is 1. The summed E-state index contributed by atoms with van der Waals surface area (Å²) in [4.78, 5) is 13.0. The van der Waals surface area contributed by atoms with Crippen LogP contribution in [-0.2, 0) is 4.79 Å². The molecule has 5 heteroatoms. The number of benzene rings is 1. The van der Waals surface area contributed by atoms with Gasteiger partial charge in [-0.05, 0) is 12.1 Å². The molecule has 0 unspecified atom stereocenters. The van der Waals surface area contributed by atoms with Crippen molar-refractivity contribution in [1.29, 1.82) is 0 Å². The van der Waals surface area contributed by atoms with E-state index in [0.717, 1.165) is 5.69 Å². The summed E-state index contributed by atoms with van der Waals surface area (Å²) in [5, 5.41) is 2.54. The monoisotopic (exact) mass is 237 g/mol. The number of nitrogens with two attached hydrogens (primary N) is 1. The molecule has 0 saturated carbocycles. The lowest BCUT2D eigenvalue weighted by molar-refractivity contribution is -0.121. The molecule has 1 amide bonds. The number of amides is 1. The van der Waals surface area contributed by atoms with E-state index in [1.807, 2.05) is 31.1 Å². The summed E-state index contributed by atoms with van der Waals surface area (Å²) in [5.41, 5.74) is 7.38. The van der Waals surface area contributed by atoms with Crippen molar-refractivity contribution in [2.24, 2.45) is 0 Å². The van der Waals surface area contributed by atoms with Crippen LogP contribution in [0.15, 0.2) is 18.2 Å². The summed E-state index contributed by atoms with van der Waals surface area (Å²) in [6.45, 7) is 0.320. The summed E-state index contributed by atoms with van der Waals surface area (Å²) in [7, 11) is 5.49. The zero-order chi connectivity index (χ0) is 12.8. The van der Waals surface area contributed by atoms with Crippen LogP contribution in [0.3, 0.4) is 0 Å². The van der Waals surface area contributed by atoms with Crippen molar-refractivity contribution in [2.75, 3.05) is 38.4 Å². The fourth-order valence-corrected chi connectivity index (χ4v) is 1.30. The third kappa shape index (κ3) is 3.86. The molecular weight excluding hydrogens is 218 g/mol. The molecule has 0 fully saturated rings. The molecule has 0 bridgehead atoms. The van der Waals surface area contributed by atoms with E-state index in [2.05, 4.69) is 5.32 Å². The van der Waals surface area contributed by atoms with Gasteiger partial charge in [0.2, 0.25) is 5.91 Å². The van der Waals surface area contributed by atoms with E-state index in [1.165, 1.54) is 0 Å². The standard InChI is InChI=1S/C12H19N3O2/c1-14-12(16)6-7-17-11-8-9(15(2)3)4-5-10(11)13/h4-5,8H,6-7,13H2,1-3H3,(H,14,16). The lowest BCUT2D eigenvalue weighted by Gasteiger charge is -2.15. The van der Waals surface area contributed by atoms with Gasteiger partial charge in [-0.1, -0.05) is 0 Å². The van der Waals surface area contributed by atoms with Gasteiger partial charge in [0, 0.05) is 32.9 Å². The molecule has 5 nitrogen and oxygen atoms in total. The lowest BCUT2D eigenvalue weighted by Crippen LogP contribution is -2.20. The van der Waals surface area contributed by atoms with Crippen LogP contribution in [0.4, 0.5) is 11.4 Å². The second kappa shape index (κ2) is 5.98. The molecule has 0 radical (unpaired) electrons. The molecule has 1 aromatic carbocycles. The Labute approximate surface area is 102 Å². The molecule has 0 aliphatic carbocycles. The van der Waals surface area contributed by atoms with Crippen LogP contribution >= 0.6 is 0 Å². The first-order valence-corrected chi connectivity index (χ1v) is 5.45. The first-order valence-electron chi connectivity index (χ1n) is 5.45. The third-order valence-electron chi connectivity index (χ3n) is 2.38. The minimum absolute atomic E-state index is 0.0488. The van der Waals surface area contributed by atoms with Crippen LogP contribution in [0.2, 0.25) is 0 Å². The Morgan fingerprint density at radius 3 is 2.76 bits per heavy atom. The number of ether oxygens (including phenoxy) is 1. The zero-order valence-electron chi connectivity index (χ0n) is 10.5. The SMILES string of the molecule is CNC(=O)CCOc1cc(N(C)C)ccc1N. The summed E-state index contributed by atoms with van der Waals surface area (Å²) >= 11 is 0. The molecule has 0 aliphatic heterocycles. The van der Waals surface area contributed by atoms with E-state index < -0.39 is 0 Å². The van der Waals surface area contributed by atoms with E-state index in [0.29, 0.717) is 24.5 Å². The average Bonchev–Trinajstić information content (AvgIpc) is 2.30. The fourth-order valence-electron chi connectivity index (χ4n) is 1.30. The predicted octanol–water partition coefficient (Wildman–Crippen LogP) is 0.850. The largest absolute Gasteiger partial charge is 0.491 e. The summed E-state index contributed by atoms with van der Waals surface area (Å²) in [6, 6.07) is 5.57. The molecule has 1 aromatic rings. The van der Waals surface area contributed by atoms with Crippen molar-refractivity contribution < 1.29 is 9.53 Å². The topological polar surface area (TPSA) is 67.6 Å². The molecule has 0 aromatic heterocycles. The number of anilines is 2. The highest BCUT2D eigenvalue weighted by Gasteiger charge is 2.05. The summed E-state index contributed by atoms with van der Waals surface area (Å²) in [5.74, 6) is 0.562. The highest BCUT2D eigenvalue weighted by atomic mass is 16.5. The van der Waals surface area contributed by atoms with Crippen LogP contribution < -0.4 is 20.7 Å². The van der Waals surface area contributed by atoms with Gasteiger partial charge >= 0.3 is 0 Å². The number of hydrogen-bond acceptors (Lipinski definition) is 4. The van der Waals surface area contributed by atoms with Crippen LogP contribution in [-0.4, -0.2) is 33.7 Å². The second-order valence-electron chi connectivity index (χ2n) is 3.89. The van der Waals surface area contributed by atoms with Crippen molar-refractivity contribution in [3.63, 3.8) is 0 Å². The second-order valence-corrected chi connectivity index (χ2v) is 3.89. The van der Waals surface area contributed by atoms with Crippen molar-refractivity contribution in [2.45, 2.75) is 6.42 Å². The van der Waals surface area contributed by atoms with Crippen molar-refractivity contribution in [3.8, 4) is 5.75 Å².